The number of aromatic nitrogens is 7. The van der Waals surface area contributed by atoms with Gasteiger partial charge >= 0.3 is 0 Å². The Labute approximate surface area is 155 Å². The molecule has 0 spiro atoms. The highest BCUT2D eigenvalue weighted by atomic mass is 15.4. The fraction of sp³-hybridized carbons (Fsp3) is 0.222. The normalized spacial score (nSPS) is 12.6. The average molecular weight is 361 g/mol. The number of rotatable bonds is 6. The summed E-state index contributed by atoms with van der Waals surface area (Å²) in [6, 6.07) is 3.97. The third-order valence-corrected chi connectivity index (χ3v) is 4.07. The maximum atomic E-state index is 5.74. The second kappa shape index (κ2) is 7.32. The zero-order valence-corrected chi connectivity index (χ0v) is 14.9. The molecular formula is C18H19N9. The first kappa shape index (κ1) is 16.8. The minimum atomic E-state index is 0.490. The molecule has 0 bridgehead atoms. The Hall–Kier alpha value is -3.62. The molecule has 0 saturated heterocycles. The van der Waals surface area contributed by atoms with Crippen LogP contribution in [0.5, 0.6) is 0 Å². The van der Waals surface area contributed by atoms with Gasteiger partial charge in [0.25, 0.3) is 0 Å². The van der Waals surface area contributed by atoms with Gasteiger partial charge in [-0.2, -0.15) is 0 Å². The Morgan fingerprint density at radius 1 is 1.30 bits per heavy atom. The molecule has 0 aliphatic rings. The molecule has 4 aromatic heterocycles. The first-order valence-corrected chi connectivity index (χ1v) is 8.68. The van der Waals surface area contributed by atoms with E-state index in [-0.39, 0.29) is 0 Å². The highest BCUT2D eigenvalue weighted by Crippen LogP contribution is 2.14. The molecule has 4 rings (SSSR count). The molecule has 0 fully saturated rings. The first-order chi connectivity index (χ1) is 13.3. The number of fused-ring (bicyclic) bond motifs is 2. The van der Waals surface area contributed by atoms with E-state index in [1.54, 1.807) is 23.3 Å². The van der Waals surface area contributed by atoms with E-state index in [9.17, 15) is 0 Å². The van der Waals surface area contributed by atoms with E-state index in [4.69, 9.17) is 5.73 Å². The third-order valence-electron chi connectivity index (χ3n) is 4.07. The van der Waals surface area contributed by atoms with E-state index >= 15 is 0 Å². The smallest absolute Gasteiger partial charge is 0.221 e. The highest BCUT2D eigenvalue weighted by Gasteiger charge is 2.11. The van der Waals surface area contributed by atoms with Gasteiger partial charge in [0, 0.05) is 43.1 Å². The van der Waals surface area contributed by atoms with Crippen LogP contribution in [0.15, 0.2) is 48.1 Å². The molecule has 9 heteroatoms. The van der Waals surface area contributed by atoms with Crippen LogP contribution in [0.3, 0.4) is 0 Å². The standard InChI is InChI=1S/C18H19N9/c1-2-5-20-9-14(8-19)15-10-22-17-18(23-15)27(25-24-17)12-13-3-4-16-21-6-7-26(16)11-13/h3-4,6-11H,2,5,12,19H2,1H3. The molecule has 0 amide bonds. The number of allylic oxidation sites excluding steroid dienone is 1. The maximum Gasteiger partial charge on any atom is 0.221 e. The van der Waals surface area contributed by atoms with E-state index in [1.807, 2.05) is 28.9 Å². The van der Waals surface area contributed by atoms with Crippen LogP contribution >= 0.6 is 0 Å². The molecule has 0 aliphatic heterocycles. The van der Waals surface area contributed by atoms with Gasteiger partial charge in [0.1, 0.15) is 5.65 Å². The molecule has 9 nitrogen and oxygen atoms in total. The molecular weight excluding hydrogens is 342 g/mol. The first-order valence-electron chi connectivity index (χ1n) is 8.68. The lowest BCUT2D eigenvalue weighted by atomic mass is 10.2. The van der Waals surface area contributed by atoms with E-state index in [0.717, 1.165) is 24.2 Å². The quantitative estimate of drug-likeness (QED) is 0.523. The molecule has 27 heavy (non-hydrogen) atoms. The van der Waals surface area contributed by atoms with Crippen LogP contribution in [0.4, 0.5) is 0 Å². The zero-order chi connectivity index (χ0) is 18.6. The fourth-order valence-electron chi connectivity index (χ4n) is 2.72. The van der Waals surface area contributed by atoms with Crippen LogP contribution in [0.1, 0.15) is 24.6 Å². The predicted molar refractivity (Wildman–Crippen MR) is 103 cm³/mol. The van der Waals surface area contributed by atoms with Crippen LogP contribution in [0.2, 0.25) is 0 Å². The number of hydrogen-bond donors (Lipinski definition) is 1. The lowest BCUT2D eigenvalue weighted by molar-refractivity contribution is 0.661. The van der Waals surface area contributed by atoms with Crippen molar-refractivity contribution in [3.8, 4) is 0 Å². The van der Waals surface area contributed by atoms with Crippen LogP contribution < -0.4 is 5.73 Å². The fourth-order valence-corrected chi connectivity index (χ4v) is 2.72. The monoisotopic (exact) mass is 361 g/mol. The summed E-state index contributed by atoms with van der Waals surface area (Å²) in [7, 11) is 0. The van der Waals surface area contributed by atoms with Crippen molar-refractivity contribution in [2.45, 2.75) is 19.9 Å². The zero-order valence-electron chi connectivity index (χ0n) is 14.9. The Balaban J connectivity index is 1.67. The minimum Gasteiger partial charge on any atom is -0.404 e. The van der Waals surface area contributed by atoms with Crippen molar-refractivity contribution in [2.24, 2.45) is 10.7 Å². The summed E-state index contributed by atoms with van der Waals surface area (Å²) in [4.78, 5) is 17.6. The molecule has 4 heterocycles. The number of hydrogen-bond acceptors (Lipinski definition) is 7. The third kappa shape index (κ3) is 3.39. The largest absolute Gasteiger partial charge is 0.404 e. The van der Waals surface area contributed by atoms with Gasteiger partial charge in [0.15, 0.2) is 5.65 Å². The summed E-state index contributed by atoms with van der Waals surface area (Å²) in [6.45, 7) is 3.33. The van der Waals surface area contributed by atoms with Gasteiger partial charge < -0.3 is 10.1 Å². The van der Waals surface area contributed by atoms with Crippen molar-refractivity contribution in [3.63, 3.8) is 0 Å². The SMILES string of the molecule is CCCN=CC(=CN)c1cnc2nnn(Cc3ccc4nccn4c3)c2n1. The lowest BCUT2D eigenvalue weighted by Crippen LogP contribution is -2.05. The maximum absolute atomic E-state index is 5.74. The Morgan fingerprint density at radius 3 is 3.07 bits per heavy atom. The molecule has 0 radical (unpaired) electrons. The van der Waals surface area contributed by atoms with Gasteiger partial charge in [-0.25, -0.2) is 19.6 Å². The predicted octanol–water partition coefficient (Wildman–Crippen LogP) is 1.70. The molecule has 0 aromatic carbocycles. The summed E-state index contributed by atoms with van der Waals surface area (Å²) in [5.74, 6) is 0. The number of nitrogens with zero attached hydrogens (tertiary/aromatic N) is 8. The van der Waals surface area contributed by atoms with E-state index < -0.39 is 0 Å². The van der Waals surface area contributed by atoms with E-state index in [0.29, 0.717) is 29.1 Å². The van der Waals surface area contributed by atoms with Crippen molar-refractivity contribution in [3.05, 3.63) is 54.4 Å². The van der Waals surface area contributed by atoms with Gasteiger partial charge in [0.2, 0.25) is 5.65 Å². The number of pyridine rings is 1. The van der Waals surface area contributed by atoms with Gasteiger partial charge in [-0.3, -0.25) is 4.99 Å². The number of imidazole rings is 1. The van der Waals surface area contributed by atoms with Crippen molar-refractivity contribution in [2.75, 3.05) is 6.54 Å². The van der Waals surface area contributed by atoms with E-state index in [2.05, 4.69) is 37.2 Å². The van der Waals surface area contributed by atoms with Crippen LogP contribution in [-0.4, -0.2) is 47.1 Å². The molecule has 2 N–H and O–H groups in total. The summed E-state index contributed by atoms with van der Waals surface area (Å²) < 4.78 is 3.69. The highest BCUT2D eigenvalue weighted by molar-refractivity contribution is 6.09. The van der Waals surface area contributed by atoms with Gasteiger partial charge in [-0.05, 0) is 18.1 Å². The average Bonchev–Trinajstić information content (AvgIpc) is 3.32. The summed E-state index contributed by atoms with van der Waals surface area (Å²) in [6.07, 6.45) is 11.5. The van der Waals surface area contributed by atoms with Crippen molar-refractivity contribution >= 4 is 28.7 Å². The lowest BCUT2D eigenvalue weighted by Gasteiger charge is -2.04. The van der Waals surface area contributed by atoms with Gasteiger partial charge in [-0.1, -0.05) is 18.2 Å². The van der Waals surface area contributed by atoms with Crippen LogP contribution in [0, 0.1) is 0 Å². The van der Waals surface area contributed by atoms with Crippen LogP contribution in [-0.2, 0) is 6.54 Å². The Bertz CT molecular complexity index is 1140. The van der Waals surface area contributed by atoms with Gasteiger partial charge in [-0.15, -0.1) is 5.10 Å². The van der Waals surface area contributed by atoms with Gasteiger partial charge in [0.05, 0.1) is 18.4 Å². The second-order valence-corrected chi connectivity index (χ2v) is 6.04. The molecule has 136 valence electrons. The second-order valence-electron chi connectivity index (χ2n) is 6.04. The number of nitrogens with two attached hydrogens (primary N) is 1. The summed E-state index contributed by atoms with van der Waals surface area (Å²) in [5, 5.41) is 8.30. The molecule has 4 aromatic rings. The molecule has 0 unspecified atom stereocenters. The Kier molecular flexibility index (Phi) is 4.56. The minimum absolute atomic E-state index is 0.490. The Morgan fingerprint density at radius 2 is 2.22 bits per heavy atom. The molecule has 0 saturated carbocycles. The van der Waals surface area contributed by atoms with Crippen molar-refractivity contribution in [1.82, 2.24) is 34.3 Å². The molecule has 0 atom stereocenters. The van der Waals surface area contributed by atoms with Crippen molar-refractivity contribution < 1.29 is 0 Å². The van der Waals surface area contributed by atoms with Crippen LogP contribution in [0.25, 0.3) is 22.5 Å². The number of aliphatic imine (C=N–C) groups is 1. The van der Waals surface area contributed by atoms with E-state index in [1.165, 1.54) is 6.20 Å². The topological polar surface area (TPSA) is 112 Å². The summed E-state index contributed by atoms with van der Waals surface area (Å²) in [5.41, 5.74) is 10.1. The molecule has 0 aliphatic carbocycles. The summed E-state index contributed by atoms with van der Waals surface area (Å²) >= 11 is 0. The van der Waals surface area contributed by atoms with Crippen molar-refractivity contribution in [1.29, 1.82) is 0 Å².